The third-order valence-corrected chi connectivity index (χ3v) is 3.68. The summed E-state index contributed by atoms with van der Waals surface area (Å²) < 4.78 is 7.08. The average molecular weight is 300 g/mol. The molecule has 4 heteroatoms. The van der Waals surface area contributed by atoms with Crippen LogP contribution in [0.3, 0.4) is 0 Å². The fourth-order valence-electron chi connectivity index (χ4n) is 2.55. The molecule has 1 heterocycles. The molecule has 0 saturated heterocycles. The zero-order chi connectivity index (χ0) is 16.3. The molecule has 0 aliphatic heterocycles. The topological polar surface area (TPSA) is 57.2 Å². The van der Waals surface area contributed by atoms with Crippen LogP contribution in [0.15, 0.2) is 41.2 Å². The van der Waals surface area contributed by atoms with Gasteiger partial charge in [-0.15, -0.1) is 0 Å². The Morgan fingerprint density at radius 1 is 1.23 bits per heavy atom. The van der Waals surface area contributed by atoms with Gasteiger partial charge in [0.1, 0.15) is 5.75 Å². The lowest BCUT2D eigenvalue weighted by Gasteiger charge is -2.22. The summed E-state index contributed by atoms with van der Waals surface area (Å²) >= 11 is 0. The summed E-state index contributed by atoms with van der Waals surface area (Å²) in [6.45, 7) is 6.42. The van der Waals surface area contributed by atoms with E-state index < -0.39 is 5.54 Å². The molecule has 1 aromatic carbocycles. The SMILES string of the molecule is CCCn1c(-c2cccc(OC)c2)ccc(C(C)(C)N)c1=O. The highest BCUT2D eigenvalue weighted by Gasteiger charge is 2.21. The summed E-state index contributed by atoms with van der Waals surface area (Å²) in [6, 6.07) is 11.5. The summed E-state index contributed by atoms with van der Waals surface area (Å²) in [5, 5.41) is 0. The number of nitrogens with zero attached hydrogens (tertiary/aromatic N) is 1. The Balaban J connectivity index is 2.66. The van der Waals surface area contributed by atoms with Gasteiger partial charge in [0.25, 0.3) is 5.56 Å². The number of hydrogen-bond acceptors (Lipinski definition) is 3. The molecule has 4 nitrogen and oxygen atoms in total. The van der Waals surface area contributed by atoms with Crippen LogP contribution in [0.4, 0.5) is 0 Å². The first-order valence-corrected chi connectivity index (χ1v) is 7.56. The molecule has 0 spiro atoms. The Bertz CT molecular complexity index is 712. The van der Waals surface area contributed by atoms with Crippen LogP contribution in [0.1, 0.15) is 32.8 Å². The molecule has 0 bridgehead atoms. The molecule has 22 heavy (non-hydrogen) atoms. The predicted octanol–water partition coefficient (Wildman–Crippen LogP) is 3.13. The van der Waals surface area contributed by atoms with Gasteiger partial charge >= 0.3 is 0 Å². The van der Waals surface area contributed by atoms with E-state index in [0.29, 0.717) is 12.1 Å². The fourth-order valence-corrected chi connectivity index (χ4v) is 2.55. The predicted molar refractivity (Wildman–Crippen MR) is 90.2 cm³/mol. The molecule has 0 amide bonds. The largest absolute Gasteiger partial charge is 0.497 e. The van der Waals surface area contributed by atoms with E-state index in [9.17, 15) is 4.79 Å². The van der Waals surface area contributed by atoms with Gasteiger partial charge in [-0.25, -0.2) is 0 Å². The van der Waals surface area contributed by atoms with Crippen LogP contribution in [-0.4, -0.2) is 11.7 Å². The summed E-state index contributed by atoms with van der Waals surface area (Å²) in [4.78, 5) is 12.8. The molecular formula is C18H24N2O2. The van der Waals surface area contributed by atoms with Gasteiger partial charge in [0.15, 0.2) is 0 Å². The second-order valence-corrected chi connectivity index (χ2v) is 6.04. The molecule has 118 valence electrons. The van der Waals surface area contributed by atoms with Crippen LogP contribution < -0.4 is 16.0 Å². The van der Waals surface area contributed by atoms with E-state index in [2.05, 4.69) is 6.92 Å². The molecule has 2 rings (SSSR count). The lowest BCUT2D eigenvalue weighted by Crippen LogP contribution is -2.38. The first-order valence-electron chi connectivity index (χ1n) is 7.56. The highest BCUT2D eigenvalue weighted by molar-refractivity contribution is 5.62. The Morgan fingerprint density at radius 3 is 2.55 bits per heavy atom. The van der Waals surface area contributed by atoms with Crippen LogP contribution in [-0.2, 0) is 12.1 Å². The van der Waals surface area contributed by atoms with E-state index in [0.717, 1.165) is 23.4 Å². The summed E-state index contributed by atoms with van der Waals surface area (Å²) in [5.74, 6) is 0.774. The van der Waals surface area contributed by atoms with Crippen molar-refractivity contribution in [3.8, 4) is 17.0 Å². The van der Waals surface area contributed by atoms with Crippen molar-refractivity contribution in [1.29, 1.82) is 0 Å². The Hall–Kier alpha value is -2.07. The highest BCUT2D eigenvalue weighted by Crippen LogP contribution is 2.24. The maximum absolute atomic E-state index is 12.8. The van der Waals surface area contributed by atoms with Gasteiger partial charge in [0.2, 0.25) is 0 Å². The zero-order valence-corrected chi connectivity index (χ0v) is 13.7. The van der Waals surface area contributed by atoms with E-state index in [1.54, 1.807) is 11.7 Å². The molecular weight excluding hydrogens is 276 g/mol. The first-order chi connectivity index (χ1) is 10.4. The highest BCUT2D eigenvalue weighted by atomic mass is 16.5. The number of aromatic nitrogens is 1. The molecule has 0 unspecified atom stereocenters. The van der Waals surface area contributed by atoms with Crippen molar-refractivity contribution >= 4 is 0 Å². The third-order valence-electron chi connectivity index (χ3n) is 3.68. The van der Waals surface area contributed by atoms with Crippen molar-refractivity contribution in [2.45, 2.75) is 39.3 Å². The standard InChI is InChI=1S/C18H24N2O2/c1-5-11-20-16(13-7-6-8-14(12-13)22-4)10-9-15(17(20)21)18(2,3)19/h6-10,12H,5,11,19H2,1-4H3. The van der Waals surface area contributed by atoms with Gasteiger partial charge in [-0.05, 0) is 44.5 Å². The Kier molecular flexibility index (Phi) is 4.71. The minimum atomic E-state index is -0.653. The summed E-state index contributed by atoms with van der Waals surface area (Å²) in [7, 11) is 1.64. The normalized spacial score (nSPS) is 11.5. The third kappa shape index (κ3) is 3.22. The van der Waals surface area contributed by atoms with Crippen molar-refractivity contribution in [2.24, 2.45) is 5.73 Å². The van der Waals surface area contributed by atoms with E-state index in [1.807, 2.05) is 50.2 Å². The number of ether oxygens (including phenoxy) is 1. The number of methoxy groups -OCH3 is 1. The molecule has 0 radical (unpaired) electrons. The second-order valence-electron chi connectivity index (χ2n) is 6.04. The molecule has 0 aliphatic carbocycles. The van der Waals surface area contributed by atoms with Crippen LogP contribution in [0.2, 0.25) is 0 Å². The van der Waals surface area contributed by atoms with Gasteiger partial charge < -0.3 is 15.0 Å². The minimum Gasteiger partial charge on any atom is -0.497 e. The number of pyridine rings is 1. The number of hydrogen-bond donors (Lipinski definition) is 1. The summed E-state index contributed by atoms with van der Waals surface area (Å²) in [5.41, 5.74) is 7.94. The van der Waals surface area contributed by atoms with Crippen LogP contribution in [0, 0.1) is 0 Å². The number of rotatable bonds is 5. The van der Waals surface area contributed by atoms with Gasteiger partial charge in [-0.1, -0.05) is 19.1 Å². The average Bonchev–Trinajstić information content (AvgIpc) is 2.48. The van der Waals surface area contributed by atoms with Crippen LogP contribution in [0.5, 0.6) is 5.75 Å². The lowest BCUT2D eigenvalue weighted by molar-refractivity contribution is 0.415. The minimum absolute atomic E-state index is 0.0188. The van der Waals surface area contributed by atoms with Crippen molar-refractivity contribution in [1.82, 2.24) is 4.57 Å². The fraction of sp³-hybridized carbons (Fsp3) is 0.389. The quantitative estimate of drug-likeness (QED) is 0.923. The van der Waals surface area contributed by atoms with E-state index in [-0.39, 0.29) is 5.56 Å². The number of nitrogens with two attached hydrogens (primary N) is 1. The van der Waals surface area contributed by atoms with Crippen LogP contribution >= 0.6 is 0 Å². The molecule has 0 saturated carbocycles. The molecule has 0 aliphatic rings. The second kappa shape index (κ2) is 6.36. The molecule has 0 atom stereocenters. The Morgan fingerprint density at radius 2 is 1.95 bits per heavy atom. The monoisotopic (exact) mass is 300 g/mol. The van der Waals surface area contributed by atoms with Gasteiger partial charge in [0.05, 0.1) is 12.8 Å². The van der Waals surface area contributed by atoms with Crippen molar-refractivity contribution in [3.05, 3.63) is 52.3 Å². The smallest absolute Gasteiger partial charge is 0.256 e. The van der Waals surface area contributed by atoms with Gasteiger partial charge in [0, 0.05) is 23.2 Å². The Labute approximate surface area is 131 Å². The van der Waals surface area contributed by atoms with E-state index in [4.69, 9.17) is 10.5 Å². The van der Waals surface area contributed by atoms with Crippen molar-refractivity contribution in [3.63, 3.8) is 0 Å². The zero-order valence-electron chi connectivity index (χ0n) is 13.7. The maximum Gasteiger partial charge on any atom is 0.256 e. The van der Waals surface area contributed by atoms with Gasteiger partial charge in [-0.3, -0.25) is 4.79 Å². The molecule has 1 aromatic heterocycles. The van der Waals surface area contributed by atoms with E-state index in [1.165, 1.54) is 0 Å². The molecule has 2 N–H and O–H groups in total. The molecule has 2 aromatic rings. The first kappa shape index (κ1) is 16.3. The van der Waals surface area contributed by atoms with E-state index >= 15 is 0 Å². The lowest BCUT2D eigenvalue weighted by atomic mass is 9.96. The summed E-state index contributed by atoms with van der Waals surface area (Å²) in [6.07, 6.45) is 0.880. The maximum atomic E-state index is 12.8. The van der Waals surface area contributed by atoms with Gasteiger partial charge in [-0.2, -0.15) is 0 Å². The van der Waals surface area contributed by atoms with Crippen LogP contribution in [0.25, 0.3) is 11.3 Å². The molecule has 0 fully saturated rings. The van der Waals surface area contributed by atoms with Crippen molar-refractivity contribution in [2.75, 3.05) is 7.11 Å². The number of benzene rings is 1. The van der Waals surface area contributed by atoms with Crippen molar-refractivity contribution < 1.29 is 4.74 Å².